The van der Waals surface area contributed by atoms with Crippen molar-refractivity contribution in [2.24, 2.45) is 0 Å². The van der Waals surface area contributed by atoms with E-state index in [1.165, 1.54) is 18.3 Å². The maximum atomic E-state index is 12.1. The molecule has 0 radical (unpaired) electrons. The quantitative estimate of drug-likeness (QED) is 0.676. The van der Waals surface area contributed by atoms with Crippen molar-refractivity contribution >= 4 is 39.2 Å². The van der Waals surface area contributed by atoms with Crippen molar-refractivity contribution in [2.45, 2.75) is 19.9 Å². The third-order valence-electron chi connectivity index (χ3n) is 3.52. The van der Waals surface area contributed by atoms with E-state index in [9.17, 15) is 9.59 Å². The third-order valence-corrected chi connectivity index (χ3v) is 4.52. The number of hydrogen-bond acceptors (Lipinski definition) is 4. The molecule has 0 saturated heterocycles. The number of anilines is 1. The largest absolute Gasteiger partial charge is 0.351 e. The summed E-state index contributed by atoms with van der Waals surface area (Å²) in [4.78, 5) is 28.0. The van der Waals surface area contributed by atoms with Crippen molar-refractivity contribution in [3.05, 3.63) is 47.6 Å². The smallest absolute Gasteiger partial charge is 0.261 e. The molecule has 2 N–H and O–H groups in total. The summed E-state index contributed by atoms with van der Waals surface area (Å²) in [7, 11) is 0. The van der Waals surface area contributed by atoms with Crippen LogP contribution in [-0.2, 0) is 11.3 Å². The van der Waals surface area contributed by atoms with Gasteiger partial charge in [-0.15, -0.1) is 11.3 Å². The van der Waals surface area contributed by atoms with Gasteiger partial charge in [-0.3, -0.25) is 9.59 Å². The molecule has 124 valence electrons. The first-order valence-corrected chi connectivity index (χ1v) is 8.50. The van der Waals surface area contributed by atoms with Gasteiger partial charge in [0.25, 0.3) is 5.91 Å². The van der Waals surface area contributed by atoms with E-state index in [4.69, 9.17) is 0 Å². The van der Waals surface area contributed by atoms with Crippen LogP contribution < -0.4 is 10.6 Å². The van der Waals surface area contributed by atoms with Crippen LogP contribution in [-0.4, -0.2) is 27.9 Å². The number of amides is 2. The number of hydrogen-bond donors (Lipinski definition) is 2. The molecular formula is C17H18N4O2S. The molecule has 0 saturated carbocycles. The Kier molecular flexibility index (Phi) is 4.90. The van der Waals surface area contributed by atoms with E-state index in [-0.39, 0.29) is 11.8 Å². The van der Waals surface area contributed by atoms with Crippen molar-refractivity contribution in [3.63, 3.8) is 0 Å². The lowest BCUT2D eigenvalue weighted by Crippen LogP contribution is -2.24. The zero-order valence-electron chi connectivity index (χ0n) is 13.3. The number of carbonyl (C=O) groups is 2. The van der Waals surface area contributed by atoms with E-state index in [0.29, 0.717) is 16.4 Å². The standard InChI is InChI=1S/C17H18N4O2S/c1-12(22)20-16-8-7-15(24-16)17(23)18-9-4-10-21-11-19-13-5-2-3-6-14(13)21/h2-3,5-8,11H,4,9-10H2,1H3,(H,18,23)(H,20,22). The normalized spacial score (nSPS) is 10.7. The monoisotopic (exact) mass is 342 g/mol. The number of imidazole rings is 1. The Morgan fingerprint density at radius 2 is 2.04 bits per heavy atom. The fourth-order valence-corrected chi connectivity index (χ4v) is 3.30. The van der Waals surface area contributed by atoms with E-state index in [2.05, 4.69) is 20.2 Å². The van der Waals surface area contributed by atoms with E-state index < -0.39 is 0 Å². The molecule has 24 heavy (non-hydrogen) atoms. The molecule has 0 spiro atoms. The van der Waals surface area contributed by atoms with Gasteiger partial charge in [-0.1, -0.05) is 12.1 Å². The van der Waals surface area contributed by atoms with Crippen LogP contribution in [0.4, 0.5) is 5.00 Å². The highest BCUT2D eigenvalue weighted by molar-refractivity contribution is 7.18. The summed E-state index contributed by atoms with van der Waals surface area (Å²) in [5, 5.41) is 6.25. The van der Waals surface area contributed by atoms with Crippen LogP contribution in [0.3, 0.4) is 0 Å². The minimum Gasteiger partial charge on any atom is -0.351 e. The number of thiophene rings is 1. The van der Waals surface area contributed by atoms with Gasteiger partial charge >= 0.3 is 0 Å². The second-order valence-corrected chi connectivity index (χ2v) is 6.46. The van der Waals surface area contributed by atoms with Gasteiger partial charge in [-0.2, -0.15) is 0 Å². The topological polar surface area (TPSA) is 76.0 Å². The molecule has 1 aromatic carbocycles. The SMILES string of the molecule is CC(=O)Nc1ccc(C(=O)NCCCn2cnc3ccccc32)s1. The van der Waals surface area contributed by atoms with Gasteiger partial charge in [0, 0.05) is 20.0 Å². The molecule has 2 amide bonds. The van der Waals surface area contributed by atoms with Crippen LogP contribution in [0.2, 0.25) is 0 Å². The lowest BCUT2D eigenvalue weighted by molar-refractivity contribution is -0.114. The second-order valence-electron chi connectivity index (χ2n) is 5.38. The number of para-hydroxylation sites is 2. The lowest BCUT2D eigenvalue weighted by atomic mass is 10.3. The van der Waals surface area contributed by atoms with Gasteiger partial charge in [0.15, 0.2) is 0 Å². The number of nitrogens with zero attached hydrogens (tertiary/aromatic N) is 2. The lowest BCUT2D eigenvalue weighted by Gasteiger charge is -2.05. The molecule has 0 fully saturated rings. The highest BCUT2D eigenvalue weighted by Gasteiger charge is 2.09. The number of aryl methyl sites for hydroxylation is 1. The van der Waals surface area contributed by atoms with Gasteiger partial charge in [0.2, 0.25) is 5.91 Å². The van der Waals surface area contributed by atoms with E-state index in [1.807, 2.05) is 30.6 Å². The second kappa shape index (κ2) is 7.27. The highest BCUT2D eigenvalue weighted by Crippen LogP contribution is 2.21. The number of benzene rings is 1. The minimum absolute atomic E-state index is 0.118. The summed E-state index contributed by atoms with van der Waals surface area (Å²) < 4.78 is 2.08. The number of carbonyl (C=O) groups excluding carboxylic acids is 2. The summed E-state index contributed by atoms with van der Waals surface area (Å²) in [5.41, 5.74) is 2.08. The summed E-state index contributed by atoms with van der Waals surface area (Å²) in [6.07, 6.45) is 2.64. The maximum absolute atomic E-state index is 12.1. The predicted molar refractivity (Wildman–Crippen MR) is 95.3 cm³/mol. The average Bonchev–Trinajstić information content (AvgIpc) is 3.18. The van der Waals surface area contributed by atoms with Crippen LogP contribution in [0.15, 0.2) is 42.7 Å². The minimum atomic E-state index is -0.142. The van der Waals surface area contributed by atoms with Gasteiger partial charge < -0.3 is 15.2 Å². The summed E-state index contributed by atoms with van der Waals surface area (Å²) in [5.74, 6) is -0.261. The molecule has 2 aromatic heterocycles. The van der Waals surface area contributed by atoms with Crippen LogP contribution >= 0.6 is 11.3 Å². The molecule has 0 aliphatic carbocycles. The fraction of sp³-hybridized carbons (Fsp3) is 0.235. The Hall–Kier alpha value is -2.67. The van der Waals surface area contributed by atoms with Crippen LogP contribution in [0, 0.1) is 0 Å². The Labute approximate surface area is 143 Å². The molecule has 0 atom stereocenters. The highest BCUT2D eigenvalue weighted by atomic mass is 32.1. The molecule has 0 unspecified atom stereocenters. The Bertz CT molecular complexity index is 868. The Balaban J connectivity index is 1.48. The van der Waals surface area contributed by atoms with Crippen LogP contribution in [0.25, 0.3) is 11.0 Å². The van der Waals surface area contributed by atoms with Gasteiger partial charge in [-0.25, -0.2) is 4.98 Å². The molecule has 0 bridgehead atoms. The van der Waals surface area contributed by atoms with Gasteiger partial charge in [0.1, 0.15) is 0 Å². The van der Waals surface area contributed by atoms with Crippen LogP contribution in [0.5, 0.6) is 0 Å². The first-order chi connectivity index (χ1) is 11.6. The van der Waals surface area contributed by atoms with Crippen molar-refractivity contribution in [1.82, 2.24) is 14.9 Å². The molecular weight excluding hydrogens is 324 g/mol. The number of rotatable bonds is 6. The average molecular weight is 342 g/mol. The molecule has 0 aliphatic heterocycles. The Morgan fingerprint density at radius 3 is 2.88 bits per heavy atom. The van der Waals surface area contributed by atoms with Crippen molar-refractivity contribution < 1.29 is 9.59 Å². The maximum Gasteiger partial charge on any atom is 0.261 e. The summed E-state index contributed by atoms with van der Waals surface area (Å²) in [6, 6.07) is 11.4. The number of aromatic nitrogens is 2. The van der Waals surface area contributed by atoms with Gasteiger partial charge in [-0.05, 0) is 30.7 Å². The first kappa shape index (κ1) is 16.2. The van der Waals surface area contributed by atoms with Crippen molar-refractivity contribution in [1.29, 1.82) is 0 Å². The molecule has 2 heterocycles. The Morgan fingerprint density at radius 1 is 1.21 bits per heavy atom. The predicted octanol–water partition coefficient (Wildman–Crippen LogP) is 2.88. The number of fused-ring (bicyclic) bond motifs is 1. The van der Waals surface area contributed by atoms with E-state index in [1.54, 1.807) is 12.1 Å². The third kappa shape index (κ3) is 3.80. The van der Waals surface area contributed by atoms with E-state index >= 15 is 0 Å². The molecule has 3 rings (SSSR count). The molecule has 3 aromatic rings. The summed E-state index contributed by atoms with van der Waals surface area (Å²) in [6.45, 7) is 2.82. The summed E-state index contributed by atoms with van der Waals surface area (Å²) >= 11 is 1.27. The number of nitrogens with one attached hydrogen (secondary N) is 2. The molecule has 7 heteroatoms. The van der Waals surface area contributed by atoms with Crippen molar-refractivity contribution in [2.75, 3.05) is 11.9 Å². The fourth-order valence-electron chi connectivity index (χ4n) is 2.43. The first-order valence-electron chi connectivity index (χ1n) is 7.69. The van der Waals surface area contributed by atoms with Crippen molar-refractivity contribution in [3.8, 4) is 0 Å². The van der Waals surface area contributed by atoms with Gasteiger partial charge in [0.05, 0.1) is 27.2 Å². The zero-order valence-corrected chi connectivity index (χ0v) is 14.1. The molecule has 6 nitrogen and oxygen atoms in total. The van der Waals surface area contributed by atoms with E-state index in [0.717, 1.165) is 24.0 Å². The molecule has 0 aliphatic rings. The van der Waals surface area contributed by atoms with Crippen LogP contribution in [0.1, 0.15) is 23.0 Å². The zero-order chi connectivity index (χ0) is 16.9.